The molecular weight excluding hydrogens is 340 g/mol. The van der Waals surface area contributed by atoms with Crippen molar-refractivity contribution in [2.75, 3.05) is 13.7 Å². The fourth-order valence-corrected chi connectivity index (χ4v) is 4.44. The van der Waals surface area contributed by atoms with Crippen molar-refractivity contribution in [3.05, 3.63) is 48.7 Å². The molecule has 1 aliphatic carbocycles. The molecule has 3 heterocycles. The van der Waals surface area contributed by atoms with Crippen molar-refractivity contribution in [1.29, 1.82) is 0 Å². The molecule has 0 N–H and O–H groups in total. The van der Waals surface area contributed by atoms with E-state index >= 15 is 0 Å². The minimum atomic E-state index is -1.19. The summed E-state index contributed by atoms with van der Waals surface area (Å²) in [4.78, 5) is 25.7. The highest BCUT2D eigenvalue weighted by atomic mass is 35.5. The van der Waals surface area contributed by atoms with Crippen molar-refractivity contribution in [2.45, 2.75) is 23.9 Å². The van der Waals surface area contributed by atoms with Crippen LogP contribution in [0.5, 0.6) is 0 Å². The summed E-state index contributed by atoms with van der Waals surface area (Å²) in [5.41, 5.74) is 1.01. The standard InChI is InChI=1S/C19H19ClN2O3/c1-25-18(24)19(20)10-13-6-7-16(19)22(11-13)17(23)12-21-9-8-14-4-2-3-5-15(14)21/h2-9,13,16H,10-12H2,1H3. The average Bonchev–Trinajstić information content (AvgIpc) is 3.04. The third kappa shape index (κ3) is 2.54. The summed E-state index contributed by atoms with van der Waals surface area (Å²) in [6.07, 6.45) is 6.32. The van der Waals surface area contributed by atoms with Crippen LogP contribution in [0.4, 0.5) is 0 Å². The Morgan fingerprint density at radius 3 is 2.84 bits per heavy atom. The van der Waals surface area contributed by atoms with Crippen LogP contribution < -0.4 is 0 Å². The van der Waals surface area contributed by atoms with E-state index in [-0.39, 0.29) is 18.4 Å². The SMILES string of the molecule is COC(=O)C1(Cl)CC2C=CC1N(C(=O)Cn1ccc3ccccc31)C2. The lowest BCUT2D eigenvalue weighted by atomic mass is 9.76. The van der Waals surface area contributed by atoms with Crippen LogP contribution in [-0.4, -0.2) is 45.9 Å². The second kappa shape index (κ2) is 5.92. The van der Waals surface area contributed by atoms with Gasteiger partial charge < -0.3 is 14.2 Å². The zero-order valence-electron chi connectivity index (χ0n) is 13.9. The van der Waals surface area contributed by atoms with E-state index < -0.39 is 16.9 Å². The van der Waals surface area contributed by atoms with E-state index in [2.05, 4.69) is 0 Å². The molecule has 5 nitrogen and oxygen atoms in total. The Kier molecular flexibility index (Phi) is 3.84. The van der Waals surface area contributed by atoms with Gasteiger partial charge in [0, 0.05) is 18.3 Å². The number of para-hydroxylation sites is 1. The molecule has 0 radical (unpaired) electrons. The fourth-order valence-electron chi connectivity index (χ4n) is 3.97. The lowest BCUT2D eigenvalue weighted by molar-refractivity contribution is -0.150. The van der Waals surface area contributed by atoms with Crippen LogP contribution in [-0.2, 0) is 20.9 Å². The molecule has 1 saturated heterocycles. The van der Waals surface area contributed by atoms with Gasteiger partial charge in [0.15, 0.2) is 4.87 Å². The van der Waals surface area contributed by atoms with Crippen LogP contribution in [0.3, 0.4) is 0 Å². The summed E-state index contributed by atoms with van der Waals surface area (Å²) in [5, 5.41) is 1.09. The van der Waals surface area contributed by atoms with Gasteiger partial charge in [-0.1, -0.05) is 30.4 Å². The Hall–Kier alpha value is -2.27. The largest absolute Gasteiger partial charge is 0.468 e. The first-order valence-electron chi connectivity index (χ1n) is 8.32. The van der Waals surface area contributed by atoms with Gasteiger partial charge in [-0.05, 0) is 29.9 Å². The maximum Gasteiger partial charge on any atom is 0.329 e. The number of piperidine rings is 1. The highest BCUT2D eigenvalue weighted by molar-refractivity contribution is 6.35. The molecule has 0 saturated carbocycles. The molecule has 1 aromatic carbocycles. The summed E-state index contributed by atoms with van der Waals surface area (Å²) in [7, 11) is 1.33. The Balaban J connectivity index is 1.60. The Morgan fingerprint density at radius 1 is 1.28 bits per heavy atom. The van der Waals surface area contributed by atoms with E-state index in [1.807, 2.05) is 53.2 Å². The van der Waals surface area contributed by atoms with Crippen molar-refractivity contribution in [3.8, 4) is 0 Å². The van der Waals surface area contributed by atoms with Crippen molar-refractivity contribution in [3.63, 3.8) is 0 Å². The van der Waals surface area contributed by atoms with Crippen molar-refractivity contribution in [2.24, 2.45) is 5.92 Å². The molecule has 2 aliphatic heterocycles. The monoisotopic (exact) mass is 358 g/mol. The maximum atomic E-state index is 13.0. The predicted molar refractivity (Wildman–Crippen MR) is 95.3 cm³/mol. The molecule has 2 aromatic rings. The summed E-state index contributed by atoms with van der Waals surface area (Å²) >= 11 is 6.61. The van der Waals surface area contributed by atoms with Crippen molar-refractivity contribution in [1.82, 2.24) is 9.47 Å². The lowest BCUT2D eigenvalue weighted by Gasteiger charge is -2.49. The van der Waals surface area contributed by atoms with E-state index in [0.29, 0.717) is 13.0 Å². The Labute approximate surface area is 150 Å². The maximum absolute atomic E-state index is 13.0. The normalized spacial score (nSPS) is 27.7. The number of rotatable bonds is 3. The van der Waals surface area contributed by atoms with E-state index in [0.717, 1.165) is 10.9 Å². The van der Waals surface area contributed by atoms with Gasteiger partial charge in [0.25, 0.3) is 0 Å². The molecule has 5 rings (SSSR count). The first-order chi connectivity index (χ1) is 12.0. The van der Waals surface area contributed by atoms with E-state index in [4.69, 9.17) is 16.3 Å². The first kappa shape index (κ1) is 16.2. The number of carbonyl (C=O) groups is 2. The third-order valence-electron chi connectivity index (χ3n) is 5.19. The summed E-state index contributed by atoms with van der Waals surface area (Å²) in [5.74, 6) is -0.446. The highest BCUT2D eigenvalue weighted by Crippen LogP contribution is 2.42. The van der Waals surface area contributed by atoms with Crippen LogP contribution >= 0.6 is 11.6 Å². The highest BCUT2D eigenvalue weighted by Gasteiger charge is 2.54. The second-order valence-corrected chi connectivity index (χ2v) is 7.37. The van der Waals surface area contributed by atoms with Gasteiger partial charge >= 0.3 is 5.97 Å². The fraction of sp³-hybridized carbons (Fsp3) is 0.368. The molecule has 6 heteroatoms. The topological polar surface area (TPSA) is 51.5 Å². The number of carbonyl (C=O) groups excluding carboxylic acids is 2. The van der Waals surface area contributed by atoms with Gasteiger partial charge in [0.2, 0.25) is 5.91 Å². The predicted octanol–water partition coefficient (Wildman–Crippen LogP) is 2.58. The Bertz CT molecular complexity index is 874. The molecule has 3 atom stereocenters. The van der Waals surface area contributed by atoms with Crippen molar-refractivity contribution < 1.29 is 14.3 Å². The summed E-state index contributed by atoms with van der Waals surface area (Å²) < 4.78 is 6.82. The van der Waals surface area contributed by atoms with E-state index in [1.165, 1.54) is 7.11 Å². The first-order valence-corrected chi connectivity index (χ1v) is 8.70. The van der Waals surface area contributed by atoms with E-state index in [9.17, 15) is 9.59 Å². The summed E-state index contributed by atoms with van der Waals surface area (Å²) in [6, 6.07) is 9.46. The van der Waals surface area contributed by atoms with Crippen LogP contribution in [0.25, 0.3) is 10.9 Å². The Morgan fingerprint density at radius 2 is 2.08 bits per heavy atom. The lowest BCUT2D eigenvalue weighted by Crippen LogP contribution is -2.63. The number of ether oxygens (including phenoxy) is 1. The van der Waals surface area contributed by atoms with Crippen LogP contribution in [0.2, 0.25) is 0 Å². The van der Waals surface area contributed by atoms with Gasteiger partial charge in [0.05, 0.1) is 13.2 Å². The number of alkyl halides is 1. The van der Waals surface area contributed by atoms with Gasteiger partial charge in [-0.2, -0.15) is 0 Å². The molecular formula is C19H19ClN2O3. The molecule has 2 bridgehead atoms. The molecule has 1 aromatic heterocycles. The third-order valence-corrected chi connectivity index (χ3v) is 5.72. The number of halogens is 1. The van der Waals surface area contributed by atoms with Crippen LogP contribution in [0.15, 0.2) is 48.7 Å². The number of methoxy groups -OCH3 is 1. The molecule has 0 spiro atoms. The number of aromatic nitrogens is 1. The van der Waals surface area contributed by atoms with Gasteiger partial charge in [-0.25, -0.2) is 0 Å². The zero-order valence-corrected chi connectivity index (χ0v) is 14.6. The number of amides is 1. The van der Waals surface area contributed by atoms with E-state index in [1.54, 1.807) is 4.90 Å². The second-order valence-electron chi connectivity index (χ2n) is 6.70. The minimum absolute atomic E-state index is 0.0469. The number of benzene rings is 1. The number of hydrogen-bond donors (Lipinski definition) is 0. The molecule has 3 unspecified atom stereocenters. The zero-order chi connectivity index (χ0) is 17.6. The minimum Gasteiger partial charge on any atom is -0.468 e. The molecule has 130 valence electrons. The molecule has 25 heavy (non-hydrogen) atoms. The number of esters is 1. The number of nitrogens with zero attached hydrogens (tertiary/aromatic N) is 2. The average molecular weight is 359 g/mol. The van der Waals surface area contributed by atoms with Gasteiger partial charge in [-0.3, -0.25) is 9.59 Å². The van der Waals surface area contributed by atoms with Crippen molar-refractivity contribution >= 4 is 34.4 Å². The molecule has 3 aliphatic rings. The van der Waals surface area contributed by atoms with Gasteiger partial charge in [0.1, 0.15) is 6.54 Å². The molecule has 1 amide bonds. The quantitative estimate of drug-likeness (QED) is 0.481. The van der Waals surface area contributed by atoms with Gasteiger partial charge in [-0.15, -0.1) is 11.6 Å². The number of fused-ring (bicyclic) bond motifs is 3. The summed E-state index contributed by atoms with van der Waals surface area (Å²) in [6.45, 7) is 0.809. The molecule has 1 fully saturated rings. The smallest absolute Gasteiger partial charge is 0.329 e. The van der Waals surface area contributed by atoms with Crippen LogP contribution in [0, 0.1) is 5.92 Å². The number of hydrogen-bond acceptors (Lipinski definition) is 3. The van der Waals surface area contributed by atoms with Crippen LogP contribution in [0.1, 0.15) is 6.42 Å².